The zero-order valence-electron chi connectivity index (χ0n) is 37.3. The van der Waals surface area contributed by atoms with E-state index in [0.717, 1.165) is 28.6 Å². The van der Waals surface area contributed by atoms with Gasteiger partial charge < -0.3 is 14.0 Å². The molecule has 9 aromatic rings. The standard InChI is InChI=1S/C26H20NO.C21H17N2.Ir/c1-16-12-13-21-20-10-7-11-22(23-14-17(2)18(3)15-27-23)25(20)28-26(21)24(16)19-8-5-4-6-9-19;1-15-9-8-10-16(2)20(15)23-19-14-7-6-13-18(19)22-21(23)17-11-4-3-5-12-17;/h4-10,12-15H,1-3H3;3-11,13-14H,1-2H3;/q2*-1;/i1D3,2D3,3D3;;. The first-order chi connectivity index (χ1) is 28.5. The summed E-state index contributed by atoms with van der Waals surface area (Å²) in [6.45, 7) is -3.43. The average molecular weight is 861 g/mol. The summed E-state index contributed by atoms with van der Waals surface area (Å²) < 4.78 is 79.6. The number of benzene rings is 6. The molecule has 257 valence electrons. The molecule has 0 unspecified atom stereocenters. The molecule has 5 heteroatoms. The molecule has 6 aromatic carbocycles. The second-order valence-electron chi connectivity index (χ2n) is 12.3. The summed E-state index contributed by atoms with van der Waals surface area (Å²) in [5.74, 6) is 0.934. The molecule has 0 aliphatic carbocycles. The Balaban J connectivity index is 0.000000200. The molecule has 0 saturated carbocycles. The van der Waals surface area contributed by atoms with Gasteiger partial charge >= 0.3 is 0 Å². The normalized spacial score (nSPS) is 14.3. The fraction of sp³-hybridized carbons (Fsp3) is 0.106. The van der Waals surface area contributed by atoms with Gasteiger partial charge in [0.05, 0.1) is 22.4 Å². The van der Waals surface area contributed by atoms with Gasteiger partial charge in [-0.2, -0.15) is 0 Å². The molecule has 52 heavy (non-hydrogen) atoms. The predicted molar refractivity (Wildman–Crippen MR) is 210 cm³/mol. The van der Waals surface area contributed by atoms with Crippen LogP contribution >= 0.6 is 0 Å². The monoisotopic (exact) mass is 861 g/mol. The number of pyridine rings is 1. The molecule has 3 aromatic heterocycles. The number of rotatable bonds is 4. The summed E-state index contributed by atoms with van der Waals surface area (Å²) in [6, 6.07) is 46.0. The van der Waals surface area contributed by atoms with E-state index in [4.69, 9.17) is 21.7 Å². The minimum absolute atomic E-state index is 0. The van der Waals surface area contributed by atoms with E-state index in [-0.39, 0.29) is 42.5 Å². The Morgan fingerprint density at radius 3 is 2.17 bits per heavy atom. The molecule has 0 fully saturated rings. The Morgan fingerprint density at radius 2 is 1.40 bits per heavy atom. The van der Waals surface area contributed by atoms with Crippen LogP contribution in [-0.4, -0.2) is 14.5 Å². The molecule has 0 aliphatic rings. The summed E-state index contributed by atoms with van der Waals surface area (Å²) >= 11 is 0. The van der Waals surface area contributed by atoms with Crippen LogP contribution in [0.2, 0.25) is 0 Å². The number of nitrogens with zero attached hydrogens (tertiary/aromatic N) is 3. The van der Waals surface area contributed by atoms with Crippen LogP contribution in [-0.2, 0) is 20.1 Å². The Kier molecular flexibility index (Phi) is 7.10. The van der Waals surface area contributed by atoms with E-state index in [2.05, 4.69) is 78.0 Å². The van der Waals surface area contributed by atoms with Gasteiger partial charge in [-0.25, -0.2) is 0 Å². The van der Waals surface area contributed by atoms with E-state index in [0.29, 0.717) is 38.6 Å². The average Bonchev–Trinajstić information content (AvgIpc) is 3.79. The van der Waals surface area contributed by atoms with Gasteiger partial charge in [0.2, 0.25) is 0 Å². The van der Waals surface area contributed by atoms with Gasteiger partial charge in [0.25, 0.3) is 0 Å². The van der Waals surface area contributed by atoms with Crippen LogP contribution in [0.4, 0.5) is 0 Å². The smallest absolute Gasteiger partial charge is 0.129 e. The third-order valence-corrected chi connectivity index (χ3v) is 9.00. The Labute approximate surface area is 330 Å². The molecule has 0 amide bonds. The van der Waals surface area contributed by atoms with Crippen LogP contribution in [0, 0.1) is 46.5 Å². The van der Waals surface area contributed by atoms with Crippen molar-refractivity contribution in [2.24, 2.45) is 0 Å². The fourth-order valence-corrected chi connectivity index (χ4v) is 6.60. The second-order valence-corrected chi connectivity index (χ2v) is 12.3. The van der Waals surface area contributed by atoms with Crippen LogP contribution in [0.25, 0.3) is 72.4 Å². The molecular weight excluding hydrogens is 815 g/mol. The number of aromatic nitrogens is 3. The van der Waals surface area contributed by atoms with Gasteiger partial charge in [-0.05, 0) is 80.0 Å². The van der Waals surface area contributed by atoms with Crippen LogP contribution in [0.15, 0.2) is 138 Å². The first kappa shape index (κ1) is 25.4. The Morgan fingerprint density at radius 1 is 0.654 bits per heavy atom. The molecule has 1 radical (unpaired) electrons. The summed E-state index contributed by atoms with van der Waals surface area (Å²) in [7, 11) is 0. The van der Waals surface area contributed by atoms with Crippen molar-refractivity contribution in [3.8, 4) is 39.5 Å². The zero-order valence-corrected chi connectivity index (χ0v) is 30.7. The predicted octanol–water partition coefficient (Wildman–Crippen LogP) is 12.1. The second kappa shape index (κ2) is 14.6. The molecular formula is C47H37IrN3O-2. The number of imidazole rings is 1. The third kappa shape index (κ3) is 6.28. The fourth-order valence-electron chi connectivity index (χ4n) is 6.60. The number of aryl methyl sites for hydroxylation is 5. The van der Waals surface area contributed by atoms with Crippen LogP contribution < -0.4 is 0 Å². The number of fused-ring (bicyclic) bond motifs is 4. The molecule has 0 spiro atoms. The van der Waals surface area contributed by atoms with Crippen LogP contribution in [0.3, 0.4) is 0 Å². The largest absolute Gasteiger partial charge is 0.500 e. The van der Waals surface area contributed by atoms with Gasteiger partial charge in [-0.15, -0.1) is 54.1 Å². The van der Waals surface area contributed by atoms with Gasteiger partial charge in [-0.3, -0.25) is 4.98 Å². The molecule has 9 rings (SSSR count). The van der Waals surface area contributed by atoms with Crippen molar-refractivity contribution in [1.82, 2.24) is 14.5 Å². The van der Waals surface area contributed by atoms with E-state index in [1.54, 1.807) is 24.3 Å². The SMILES string of the molecule is Cc1cccc(C)c1-n1c(-c2[c-]cccc2)nc2ccccc21.[2H]C([2H])([2H])c1cnc(-c2[c-]ccc3c2oc2c(-c4ccccc4)c(C([2H])([2H])[2H])ccc23)cc1C([2H])([2H])[2H].[Ir]. The van der Waals surface area contributed by atoms with E-state index in [9.17, 15) is 0 Å². The van der Waals surface area contributed by atoms with Crippen LogP contribution in [0.1, 0.15) is 40.2 Å². The van der Waals surface area contributed by atoms with E-state index in [1.807, 2.05) is 54.6 Å². The minimum atomic E-state index is -2.68. The van der Waals surface area contributed by atoms with Gasteiger partial charge in [0.15, 0.2) is 0 Å². The van der Waals surface area contributed by atoms with E-state index >= 15 is 0 Å². The maximum atomic E-state index is 8.08. The third-order valence-electron chi connectivity index (χ3n) is 9.00. The van der Waals surface area contributed by atoms with Crippen molar-refractivity contribution >= 4 is 33.0 Å². The van der Waals surface area contributed by atoms with Crippen molar-refractivity contribution in [3.05, 3.63) is 174 Å². The van der Waals surface area contributed by atoms with Gasteiger partial charge in [0, 0.05) is 55.3 Å². The minimum Gasteiger partial charge on any atom is -0.500 e. The molecule has 0 aliphatic heterocycles. The van der Waals surface area contributed by atoms with Crippen molar-refractivity contribution in [3.63, 3.8) is 0 Å². The topological polar surface area (TPSA) is 43.9 Å². The molecule has 4 nitrogen and oxygen atoms in total. The first-order valence-electron chi connectivity index (χ1n) is 21.0. The maximum Gasteiger partial charge on any atom is 0.129 e. The van der Waals surface area contributed by atoms with E-state index in [1.165, 1.54) is 22.9 Å². The summed E-state index contributed by atoms with van der Waals surface area (Å²) in [5.41, 5.74) is 8.62. The first-order valence-corrected chi connectivity index (χ1v) is 16.5. The summed E-state index contributed by atoms with van der Waals surface area (Å²) in [6.07, 6.45) is 1.06. The van der Waals surface area contributed by atoms with Gasteiger partial charge in [-0.1, -0.05) is 95.4 Å². The molecule has 0 N–H and O–H groups in total. The van der Waals surface area contributed by atoms with Crippen molar-refractivity contribution < 1.29 is 36.9 Å². The molecule has 3 heterocycles. The van der Waals surface area contributed by atoms with Gasteiger partial charge in [0.1, 0.15) is 5.58 Å². The van der Waals surface area contributed by atoms with E-state index < -0.39 is 20.6 Å². The summed E-state index contributed by atoms with van der Waals surface area (Å²) in [4.78, 5) is 9.13. The number of hydrogen-bond acceptors (Lipinski definition) is 3. The zero-order chi connectivity index (χ0) is 42.6. The summed E-state index contributed by atoms with van der Waals surface area (Å²) in [5, 5.41) is 1.34. The Bertz CT molecular complexity index is 3010. The van der Waals surface area contributed by atoms with Crippen LogP contribution in [0.5, 0.6) is 0 Å². The van der Waals surface area contributed by atoms with Crippen molar-refractivity contribution in [1.29, 1.82) is 0 Å². The maximum absolute atomic E-state index is 8.08. The Hall–Kier alpha value is -5.61. The molecule has 0 saturated heterocycles. The molecule has 0 bridgehead atoms. The quantitative estimate of drug-likeness (QED) is 0.166. The van der Waals surface area contributed by atoms with Crippen molar-refractivity contribution in [2.45, 2.75) is 34.4 Å². The number of furan rings is 1. The number of para-hydroxylation sites is 3. The van der Waals surface area contributed by atoms with Crippen molar-refractivity contribution in [2.75, 3.05) is 0 Å². The number of hydrogen-bond donors (Lipinski definition) is 0. The molecule has 0 atom stereocenters.